The second-order valence-corrected chi connectivity index (χ2v) is 3.75. The highest BCUT2D eigenvalue weighted by molar-refractivity contribution is 9.10. The van der Waals surface area contributed by atoms with Gasteiger partial charge in [-0.2, -0.15) is 5.26 Å². The first-order valence-corrected chi connectivity index (χ1v) is 4.75. The van der Waals surface area contributed by atoms with Crippen molar-refractivity contribution < 1.29 is 9.90 Å². The van der Waals surface area contributed by atoms with E-state index in [9.17, 15) is 4.79 Å². The van der Waals surface area contributed by atoms with Gasteiger partial charge in [0.15, 0.2) is 0 Å². The maximum absolute atomic E-state index is 10.6. The van der Waals surface area contributed by atoms with Crippen LogP contribution in [0.15, 0.2) is 16.6 Å². The third-order valence-corrected chi connectivity index (χ3v) is 2.60. The van der Waals surface area contributed by atoms with Crippen molar-refractivity contribution in [1.82, 2.24) is 0 Å². The van der Waals surface area contributed by atoms with E-state index in [1.165, 1.54) is 0 Å². The standard InChI is InChI=1S/C10H8BrNO2/c1-6-2-3-9(11)8(5-12)7(6)4-10(13)14/h2-3H,4H2,1H3,(H,13,14). The number of benzene rings is 1. The van der Waals surface area contributed by atoms with E-state index in [0.717, 1.165) is 5.56 Å². The number of hydrogen-bond acceptors (Lipinski definition) is 2. The fourth-order valence-corrected chi connectivity index (χ4v) is 1.68. The van der Waals surface area contributed by atoms with Gasteiger partial charge in [-0.25, -0.2) is 0 Å². The van der Waals surface area contributed by atoms with E-state index >= 15 is 0 Å². The Morgan fingerprint density at radius 3 is 2.79 bits per heavy atom. The Bertz CT molecular complexity index is 421. The van der Waals surface area contributed by atoms with Gasteiger partial charge >= 0.3 is 5.97 Å². The molecule has 0 saturated carbocycles. The van der Waals surface area contributed by atoms with Gasteiger partial charge in [0.1, 0.15) is 6.07 Å². The average molecular weight is 254 g/mol. The second kappa shape index (κ2) is 4.25. The topological polar surface area (TPSA) is 61.1 Å². The van der Waals surface area contributed by atoms with E-state index in [2.05, 4.69) is 15.9 Å². The van der Waals surface area contributed by atoms with E-state index in [1.54, 1.807) is 19.1 Å². The van der Waals surface area contributed by atoms with Crippen molar-refractivity contribution in [3.8, 4) is 6.07 Å². The van der Waals surface area contributed by atoms with Gasteiger partial charge in [-0.3, -0.25) is 4.79 Å². The number of nitriles is 1. The summed E-state index contributed by atoms with van der Waals surface area (Å²) in [6.45, 7) is 1.80. The zero-order valence-corrected chi connectivity index (χ0v) is 9.13. The highest BCUT2D eigenvalue weighted by Crippen LogP contribution is 2.23. The molecule has 0 radical (unpaired) electrons. The predicted molar refractivity (Wildman–Crippen MR) is 54.9 cm³/mol. The number of nitrogens with zero attached hydrogens (tertiary/aromatic N) is 1. The van der Waals surface area contributed by atoms with Crippen molar-refractivity contribution in [2.75, 3.05) is 0 Å². The highest BCUT2D eigenvalue weighted by Gasteiger charge is 2.12. The summed E-state index contributed by atoms with van der Waals surface area (Å²) in [4.78, 5) is 10.6. The minimum Gasteiger partial charge on any atom is -0.481 e. The first-order valence-electron chi connectivity index (χ1n) is 3.96. The molecule has 1 rings (SSSR count). The van der Waals surface area contributed by atoms with Crippen LogP contribution in [0.3, 0.4) is 0 Å². The van der Waals surface area contributed by atoms with Crippen LogP contribution in [-0.2, 0) is 11.2 Å². The molecular weight excluding hydrogens is 246 g/mol. The molecule has 14 heavy (non-hydrogen) atoms. The molecule has 0 bridgehead atoms. The molecule has 0 amide bonds. The van der Waals surface area contributed by atoms with Gasteiger partial charge in [0.05, 0.1) is 12.0 Å². The zero-order valence-electron chi connectivity index (χ0n) is 7.54. The lowest BCUT2D eigenvalue weighted by atomic mass is 10.00. The zero-order chi connectivity index (χ0) is 10.7. The lowest BCUT2D eigenvalue weighted by Crippen LogP contribution is -2.04. The van der Waals surface area contributed by atoms with Crippen LogP contribution in [0, 0.1) is 18.3 Å². The molecule has 1 aromatic carbocycles. The Hall–Kier alpha value is -1.34. The van der Waals surface area contributed by atoms with Crippen molar-refractivity contribution in [3.63, 3.8) is 0 Å². The molecule has 0 aliphatic carbocycles. The summed E-state index contributed by atoms with van der Waals surface area (Å²) < 4.78 is 0.641. The first kappa shape index (κ1) is 10.7. The number of aryl methyl sites for hydroxylation is 1. The summed E-state index contributed by atoms with van der Waals surface area (Å²) in [5, 5.41) is 17.5. The van der Waals surface area contributed by atoms with E-state index in [0.29, 0.717) is 15.6 Å². The largest absolute Gasteiger partial charge is 0.481 e. The third-order valence-electron chi connectivity index (χ3n) is 1.94. The highest BCUT2D eigenvalue weighted by atomic mass is 79.9. The van der Waals surface area contributed by atoms with Gasteiger partial charge in [-0.05, 0) is 40.0 Å². The van der Waals surface area contributed by atoms with Gasteiger partial charge < -0.3 is 5.11 Å². The smallest absolute Gasteiger partial charge is 0.307 e. The average Bonchev–Trinajstić information content (AvgIpc) is 2.11. The van der Waals surface area contributed by atoms with Gasteiger partial charge in [0.25, 0.3) is 0 Å². The Labute approximate surface area is 90.1 Å². The van der Waals surface area contributed by atoms with Crippen LogP contribution in [0.1, 0.15) is 16.7 Å². The molecule has 0 atom stereocenters. The number of aliphatic carboxylic acids is 1. The molecule has 0 spiro atoms. The molecule has 0 fully saturated rings. The van der Waals surface area contributed by atoms with Crippen LogP contribution in [0.5, 0.6) is 0 Å². The van der Waals surface area contributed by atoms with Crippen LogP contribution in [0.2, 0.25) is 0 Å². The Balaban J connectivity index is 3.31. The van der Waals surface area contributed by atoms with Crippen LogP contribution in [0.25, 0.3) is 0 Å². The van der Waals surface area contributed by atoms with E-state index < -0.39 is 5.97 Å². The van der Waals surface area contributed by atoms with Crippen LogP contribution in [-0.4, -0.2) is 11.1 Å². The summed E-state index contributed by atoms with van der Waals surface area (Å²) >= 11 is 3.22. The summed E-state index contributed by atoms with van der Waals surface area (Å²) in [6.07, 6.45) is -0.117. The summed E-state index contributed by atoms with van der Waals surface area (Å²) in [5.74, 6) is -0.928. The second-order valence-electron chi connectivity index (χ2n) is 2.90. The third kappa shape index (κ3) is 2.12. The maximum atomic E-state index is 10.6. The molecule has 0 aliphatic rings. The van der Waals surface area contributed by atoms with Crippen molar-refractivity contribution in [1.29, 1.82) is 5.26 Å². The van der Waals surface area contributed by atoms with Gasteiger partial charge in [0, 0.05) is 4.47 Å². The Morgan fingerprint density at radius 2 is 2.29 bits per heavy atom. The number of carbonyl (C=O) groups is 1. The van der Waals surface area contributed by atoms with Crippen LogP contribution >= 0.6 is 15.9 Å². The number of hydrogen-bond donors (Lipinski definition) is 1. The number of carboxylic acids is 1. The molecule has 3 nitrogen and oxygen atoms in total. The summed E-state index contributed by atoms with van der Waals surface area (Å²) in [6, 6.07) is 5.54. The molecule has 0 unspecified atom stereocenters. The number of rotatable bonds is 2. The Morgan fingerprint density at radius 1 is 1.64 bits per heavy atom. The van der Waals surface area contributed by atoms with Gasteiger partial charge in [-0.15, -0.1) is 0 Å². The van der Waals surface area contributed by atoms with E-state index in [-0.39, 0.29) is 6.42 Å². The minimum atomic E-state index is -0.928. The molecule has 1 aromatic rings. The molecule has 0 saturated heterocycles. The molecule has 72 valence electrons. The normalized spacial score (nSPS) is 9.50. The minimum absolute atomic E-state index is 0.117. The van der Waals surface area contributed by atoms with Crippen molar-refractivity contribution in [3.05, 3.63) is 33.3 Å². The van der Waals surface area contributed by atoms with Gasteiger partial charge in [0.2, 0.25) is 0 Å². The molecule has 0 aromatic heterocycles. The summed E-state index contributed by atoms with van der Waals surface area (Å²) in [5.41, 5.74) is 1.81. The quantitative estimate of drug-likeness (QED) is 0.880. The first-order chi connectivity index (χ1) is 6.56. The SMILES string of the molecule is Cc1ccc(Br)c(C#N)c1CC(=O)O. The fourth-order valence-electron chi connectivity index (χ4n) is 1.22. The van der Waals surface area contributed by atoms with Crippen LogP contribution < -0.4 is 0 Å². The summed E-state index contributed by atoms with van der Waals surface area (Å²) in [7, 11) is 0. The lowest BCUT2D eigenvalue weighted by Gasteiger charge is -2.06. The van der Waals surface area contributed by atoms with Crippen molar-refractivity contribution in [2.24, 2.45) is 0 Å². The van der Waals surface area contributed by atoms with Crippen molar-refractivity contribution in [2.45, 2.75) is 13.3 Å². The molecule has 0 aliphatic heterocycles. The van der Waals surface area contributed by atoms with Crippen LogP contribution in [0.4, 0.5) is 0 Å². The predicted octanol–water partition coefficient (Wildman–Crippen LogP) is 2.26. The monoisotopic (exact) mass is 253 g/mol. The Kier molecular flexibility index (Phi) is 3.26. The van der Waals surface area contributed by atoms with Gasteiger partial charge in [-0.1, -0.05) is 6.07 Å². The van der Waals surface area contributed by atoms with E-state index in [1.807, 2.05) is 6.07 Å². The number of carboxylic acid groups (broad SMARTS) is 1. The number of halogens is 1. The lowest BCUT2D eigenvalue weighted by molar-refractivity contribution is -0.136. The maximum Gasteiger partial charge on any atom is 0.307 e. The van der Waals surface area contributed by atoms with E-state index in [4.69, 9.17) is 10.4 Å². The molecular formula is C10H8BrNO2. The van der Waals surface area contributed by atoms with Crippen molar-refractivity contribution >= 4 is 21.9 Å². The molecule has 1 N–H and O–H groups in total. The molecule has 4 heteroatoms. The fraction of sp³-hybridized carbons (Fsp3) is 0.200. The molecule has 0 heterocycles.